The van der Waals surface area contributed by atoms with Crippen LogP contribution in [0.15, 0.2) is 18.5 Å². The van der Waals surface area contributed by atoms with E-state index in [-0.39, 0.29) is 5.41 Å². The van der Waals surface area contributed by atoms with Crippen molar-refractivity contribution in [2.75, 3.05) is 0 Å². The molecule has 1 unspecified atom stereocenters. The first kappa shape index (κ1) is 12.8. The zero-order chi connectivity index (χ0) is 13.5. The number of hydrogen-bond acceptors (Lipinski definition) is 3. The highest BCUT2D eigenvalue weighted by Gasteiger charge is 2.27. The summed E-state index contributed by atoms with van der Waals surface area (Å²) in [7, 11) is 3.69. The summed E-state index contributed by atoms with van der Waals surface area (Å²) >= 11 is 0. The Hall–Kier alpha value is -1.62. The number of aliphatic hydroxyl groups excluding tert-OH is 1. The van der Waals surface area contributed by atoms with Crippen molar-refractivity contribution in [2.45, 2.75) is 32.3 Å². The lowest BCUT2D eigenvalue weighted by Crippen LogP contribution is -2.17. The monoisotopic (exact) mass is 248 g/mol. The zero-order valence-electron chi connectivity index (χ0n) is 11.5. The molecule has 0 aliphatic rings. The van der Waals surface area contributed by atoms with Crippen molar-refractivity contribution in [3.63, 3.8) is 0 Å². The van der Waals surface area contributed by atoms with E-state index >= 15 is 0 Å². The van der Waals surface area contributed by atoms with E-state index in [4.69, 9.17) is 0 Å². The summed E-state index contributed by atoms with van der Waals surface area (Å²) in [5, 5.41) is 19.1. The van der Waals surface area contributed by atoms with Crippen LogP contribution in [0.4, 0.5) is 0 Å². The molecule has 0 bridgehead atoms. The molecule has 0 aliphatic carbocycles. The molecule has 1 atom stereocenters. The average molecular weight is 248 g/mol. The van der Waals surface area contributed by atoms with Gasteiger partial charge in [0.15, 0.2) is 0 Å². The van der Waals surface area contributed by atoms with Crippen molar-refractivity contribution in [1.29, 1.82) is 0 Å². The van der Waals surface area contributed by atoms with E-state index in [9.17, 15) is 5.11 Å². The van der Waals surface area contributed by atoms with Gasteiger partial charge in [-0.25, -0.2) is 0 Å². The molecule has 2 rings (SSSR count). The maximum Gasteiger partial charge on any atom is 0.124 e. The van der Waals surface area contributed by atoms with Crippen molar-refractivity contribution < 1.29 is 5.11 Å². The highest BCUT2D eigenvalue weighted by Crippen LogP contribution is 2.31. The van der Waals surface area contributed by atoms with Crippen molar-refractivity contribution in [1.82, 2.24) is 19.6 Å². The van der Waals surface area contributed by atoms with Crippen LogP contribution in [-0.4, -0.2) is 24.7 Å². The summed E-state index contributed by atoms with van der Waals surface area (Å²) < 4.78 is 3.43. The Morgan fingerprint density at radius 3 is 2.44 bits per heavy atom. The maximum atomic E-state index is 10.5. The third kappa shape index (κ3) is 2.18. The summed E-state index contributed by atoms with van der Waals surface area (Å²) in [5.41, 5.74) is 2.43. The minimum atomic E-state index is -0.694. The Labute approximate surface area is 107 Å². The number of nitrogens with zero attached hydrogens (tertiary/aromatic N) is 4. The summed E-state index contributed by atoms with van der Waals surface area (Å²) in [6, 6.07) is 1.82. The van der Waals surface area contributed by atoms with Crippen LogP contribution in [-0.2, 0) is 19.5 Å². The Morgan fingerprint density at radius 2 is 1.94 bits per heavy atom. The standard InChI is InChI=1S/C13H20N4O/c1-13(2,3)12-9(8-16(4)15-12)11(18)10-6-7-14-17(10)5/h6-8,11,18H,1-5H3. The number of aryl methyl sites for hydroxylation is 2. The van der Waals surface area contributed by atoms with E-state index < -0.39 is 6.10 Å². The van der Waals surface area contributed by atoms with Gasteiger partial charge in [0.1, 0.15) is 6.10 Å². The van der Waals surface area contributed by atoms with E-state index in [0.717, 1.165) is 17.0 Å². The van der Waals surface area contributed by atoms with Crippen LogP contribution in [0.3, 0.4) is 0 Å². The van der Waals surface area contributed by atoms with Gasteiger partial charge in [-0.15, -0.1) is 0 Å². The zero-order valence-corrected chi connectivity index (χ0v) is 11.5. The molecule has 0 saturated carbocycles. The number of hydrogen-bond donors (Lipinski definition) is 1. The van der Waals surface area contributed by atoms with Gasteiger partial charge in [0.05, 0.1) is 11.4 Å². The number of aliphatic hydroxyl groups is 1. The maximum absolute atomic E-state index is 10.5. The smallest absolute Gasteiger partial charge is 0.124 e. The molecule has 98 valence electrons. The predicted molar refractivity (Wildman–Crippen MR) is 69.2 cm³/mol. The van der Waals surface area contributed by atoms with Crippen LogP contribution in [0.2, 0.25) is 0 Å². The van der Waals surface area contributed by atoms with Crippen molar-refractivity contribution in [3.05, 3.63) is 35.4 Å². The largest absolute Gasteiger partial charge is 0.382 e. The first-order valence-corrected chi connectivity index (χ1v) is 6.00. The molecule has 18 heavy (non-hydrogen) atoms. The predicted octanol–water partition coefficient (Wildman–Crippen LogP) is 1.53. The Bertz CT molecular complexity index is 548. The van der Waals surface area contributed by atoms with Crippen LogP contribution < -0.4 is 0 Å². The quantitative estimate of drug-likeness (QED) is 0.877. The molecule has 0 radical (unpaired) electrons. The van der Waals surface area contributed by atoms with Gasteiger partial charge in [-0.3, -0.25) is 9.36 Å². The molecular formula is C13H20N4O. The lowest BCUT2D eigenvalue weighted by atomic mass is 9.87. The fourth-order valence-corrected chi connectivity index (χ4v) is 2.10. The van der Waals surface area contributed by atoms with Gasteiger partial charge in [-0.05, 0) is 6.07 Å². The molecule has 0 aliphatic heterocycles. The van der Waals surface area contributed by atoms with Gasteiger partial charge in [0, 0.05) is 37.5 Å². The summed E-state index contributed by atoms with van der Waals surface area (Å²) in [5.74, 6) is 0. The fourth-order valence-electron chi connectivity index (χ4n) is 2.10. The van der Waals surface area contributed by atoms with Gasteiger partial charge in [-0.1, -0.05) is 20.8 Å². The third-order valence-electron chi connectivity index (χ3n) is 3.00. The highest BCUT2D eigenvalue weighted by atomic mass is 16.3. The van der Waals surface area contributed by atoms with E-state index in [1.165, 1.54) is 0 Å². The normalized spacial score (nSPS) is 13.9. The third-order valence-corrected chi connectivity index (χ3v) is 3.00. The lowest BCUT2D eigenvalue weighted by Gasteiger charge is -2.20. The van der Waals surface area contributed by atoms with Crippen LogP contribution in [0.1, 0.15) is 43.8 Å². The lowest BCUT2D eigenvalue weighted by molar-refractivity contribution is 0.207. The average Bonchev–Trinajstić information content (AvgIpc) is 2.82. The van der Waals surface area contributed by atoms with E-state index in [2.05, 4.69) is 31.0 Å². The number of aromatic nitrogens is 4. The van der Waals surface area contributed by atoms with E-state index in [1.807, 2.05) is 26.4 Å². The van der Waals surface area contributed by atoms with Crippen LogP contribution >= 0.6 is 0 Å². The van der Waals surface area contributed by atoms with Crippen LogP contribution in [0.5, 0.6) is 0 Å². The molecular weight excluding hydrogens is 228 g/mol. The molecule has 0 spiro atoms. The van der Waals surface area contributed by atoms with Crippen molar-refractivity contribution in [2.24, 2.45) is 14.1 Å². The van der Waals surface area contributed by atoms with Gasteiger partial charge < -0.3 is 5.11 Å². The molecule has 1 N–H and O–H groups in total. The fraction of sp³-hybridized carbons (Fsp3) is 0.538. The van der Waals surface area contributed by atoms with E-state index in [0.29, 0.717) is 0 Å². The molecule has 5 heteroatoms. The molecule has 2 heterocycles. The second-order valence-corrected chi connectivity index (χ2v) is 5.64. The van der Waals surface area contributed by atoms with Gasteiger partial charge >= 0.3 is 0 Å². The first-order valence-electron chi connectivity index (χ1n) is 6.00. The molecule has 0 aromatic carbocycles. The minimum absolute atomic E-state index is 0.101. The van der Waals surface area contributed by atoms with Crippen LogP contribution in [0.25, 0.3) is 0 Å². The second-order valence-electron chi connectivity index (χ2n) is 5.64. The van der Waals surface area contributed by atoms with Crippen molar-refractivity contribution >= 4 is 0 Å². The van der Waals surface area contributed by atoms with E-state index in [1.54, 1.807) is 15.6 Å². The molecule has 0 fully saturated rings. The molecule has 0 saturated heterocycles. The second kappa shape index (κ2) is 4.24. The summed E-state index contributed by atoms with van der Waals surface area (Å²) in [6.45, 7) is 6.28. The SMILES string of the molecule is Cn1cc(C(O)c2ccnn2C)c(C(C)(C)C)n1. The molecule has 0 amide bonds. The minimum Gasteiger partial charge on any atom is -0.382 e. The van der Waals surface area contributed by atoms with Gasteiger partial charge in [0.2, 0.25) is 0 Å². The molecule has 2 aromatic heterocycles. The number of rotatable bonds is 2. The first-order chi connectivity index (χ1) is 8.30. The van der Waals surface area contributed by atoms with Crippen LogP contribution in [0, 0.1) is 0 Å². The summed E-state index contributed by atoms with van der Waals surface area (Å²) in [4.78, 5) is 0. The van der Waals surface area contributed by atoms with Gasteiger partial charge in [-0.2, -0.15) is 10.2 Å². The molecule has 2 aromatic rings. The summed E-state index contributed by atoms with van der Waals surface area (Å²) in [6.07, 6.45) is 2.87. The topological polar surface area (TPSA) is 55.9 Å². The highest BCUT2D eigenvalue weighted by molar-refractivity contribution is 5.31. The Morgan fingerprint density at radius 1 is 1.28 bits per heavy atom. The van der Waals surface area contributed by atoms with Crippen molar-refractivity contribution in [3.8, 4) is 0 Å². The Balaban J connectivity index is 2.49. The Kier molecular flexibility index (Phi) is 3.02. The molecule has 5 nitrogen and oxygen atoms in total. The van der Waals surface area contributed by atoms with Gasteiger partial charge in [0.25, 0.3) is 0 Å².